The van der Waals surface area contributed by atoms with Crippen LogP contribution in [0.4, 0.5) is 5.69 Å². The monoisotopic (exact) mass is 432 g/mol. The average molecular weight is 433 g/mol. The number of carbonyl (C=O) groups excluding carboxylic acids is 1. The van der Waals surface area contributed by atoms with E-state index in [9.17, 15) is 13.2 Å². The maximum absolute atomic E-state index is 13.1. The number of carbonyl (C=O) groups is 1. The molecule has 0 aromatic heterocycles. The number of nitrogens with one attached hydrogen (secondary N) is 1. The van der Waals surface area contributed by atoms with Gasteiger partial charge in [0.25, 0.3) is 5.91 Å². The van der Waals surface area contributed by atoms with Crippen LogP contribution in [0.1, 0.15) is 36.5 Å². The molecule has 1 unspecified atom stereocenters. The Morgan fingerprint density at radius 2 is 1.93 bits per heavy atom. The van der Waals surface area contributed by atoms with Crippen LogP contribution in [0.5, 0.6) is 5.75 Å². The molecule has 8 heteroatoms. The van der Waals surface area contributed by atoms with Crippen molar-refractivity contribution in [2.24, 2.45) is 0 Å². The smallest absolute Gasteiger partial charge is 0.255 e. The highest BCUT2D eigenvalue weighted by molar-refractivity contribution is 7.89. The molecule has 2 aromatic rings. The van der Waals surface area contributed by atoms with Gasteiger partial charge in [-0.15, -0.1) is 0 Å². The first-order chi connectivity index (χ1) is 14.4. The summed E-state index contributed by atoms with van der Waals surface area (Å²) in [5.74, 6) is 0.230. The predicted molar refractivity (Wildman–Crippen MR) is 115 cm³/mol. The number of piperidine rings is 1. The van der Waals surface area contributed by atoms with Crippen LogP contribution in [-0.4, -0.2) is 51.5 Å². The SMILES string of the molecule is COCCOc1cccc(NC(=O)c2cccc(S(=O)(=O)N3CCCCC3C)c2)c1. The fourth-order valence-electron chi connectivity index (χ4n) is 3.47. The van der Waals surface area contributed by atoms with Crippen LogP contribution in [0.2, 0.25) is 0 Å². The van der Waals surface area contributed by atoms with E-state index >= 15 is 0 Å². The van der Waals surface area contributed by atoms with Gasteiger partial charge in [-0.25, -0.2) is 8.42 Å². The summed E-state index contributed by atoms with van der Waals surface area (Å²) in [6.45, 7) is 3.31. The molecular weight excluding hydrogens is 404 g/mol. The highest BCUT2D eigenvalue weighted by Crippen LogP contribution is 2.26. The molecule has 0 radical (unpaired) electrons. The fourth-order valence-corrected chi connectivity index (χ4v) is 5.22. The molecule has 162 valence electrons. The van der Waals surface area contributed by atoms with Gasteiger partial charge < -0.3 is 14.8 Å². The molecule has 3 rings (SSSR count). The fraction of sp³-hybridized carbons (Fsp3) is 0.409. The molecular formula is C22H28N2O5S. The van der Waals surface area contributed by atoms with Crippen LogP contribution in [0, 0.1) is 0 Å². The van der Waals surface area contributed by atoms with E-state index in [0.29, 0.717) is 31.2 Å². The third-order valence-corrected chi connectivity index (χ3v) is 7.10. The minimum absolute atomic E-state index is 0.0397. The summed E-state index contributed by atoms with van der Waals surface area (Å²) in [5, 5.41) is 2.80. The number of nitrogens with zero attached hydrogens (tertiary/aromatic N) is 1. The lowest BCUT2D eigenvalue weighted by Crippen LogP contribution is -2.41. The van der Waals surface area contributed by atoms with Crippen molar-refractivity contribution >= 4 is 21.6 Å². The zero-order chi connectivity index (χ0) is 21.6. The predicted octanol–water partition coefficient (Wildman–Crippen LogP) is 3.53. The molecule has 1 amide bonds. The maximum atomic E-state index is 13.1. The molecule has 1 aliphatic rings. The first-order valence-corrected chi connectivity index (χ1v) is 11.5. The molecule has 2 aromatic carbocycles. The molecule has 0 aliphatic carbocycles. The zero-order valence-corrected chi connectivity index (χ0v) is 18.2. The lowest BCUT2D eigenvalue weighted by molar-refractivity contribution is 0.102. The molecule has 1 fully saturated rings. The number of ether oxygens (including phenoxy) is 2. The first kappa shape index (κ1) is 22.3. The van der Waals surface area contributed by atoms with Gasteiger partial charge in [0.15, 0.2) is 0 Å². The molecule has 1 N–H and O–H groups in total. The summed E-state index contributed by atoms with van der Waals surface area (Å²) in [6, 6.07) is 13.2. The van der Waals surface area contributed by atoms with Crippen molar-refractivity contribution in [3.05, 3.63) is 54.1 Å². The van der Waals surface area contributed by atoms with E-state index in [4.69, 9.17) is 9.47 Å². The summed E-state index contributed by atoms with van der Waals surface area (Å²) in [4.78, 5) is 12.9. The second kappa shape index (κ2) is 10.1. The van der Waals surface area contributed by atoms with Crippen LogP contribution in [0.3, 0.4) is 0 Å². The molecule has 30 heavy (non-hydrogen) atoms. The topological polar surface area (TPSA) is 84.9 Å². The van der Waals surface area contributed by atoms with E-state index in [-0.39, 0.29) is 22.4 Å². The van der Waals surface area contributed by atoms with Crippen molar-refractivity contribution in [2.45, 2.75) is 37.1 Å². The van der Waals surface area contributed by atoms with Gasteiger partial charge in [0.2, 0.25) is 10.0 Å². The van der Waals surface area contributed by atoms with E-state index < -0.39 is 10.0 Å². The normalized spacial score (nSPS) is 17.5. The Kier molecular flexibility index (Phi) is 7.47. The van der Waals surface area contributed by atoms with Gasteiger partial charge in [-0.3, -0.25) is 4.79 Å². The highest BCUT2D eigenvalue weighted by atomic mass is 32.2. The van der Waals surface area contributed by atoms with Crippen molar-refractivity contribution in [1.29, 1.82) is 0 Å². The number of benzene rings is 2. The van der Waals surface area contributed by atoms with Crippen molar-refractivity contribution in [2.75, 3.05) is 32.2 Å². The van der Waals surface area contributed by atoms with Gasteiger partial charge in [0.1, 0.15) is 12.4 Å². The molecule has 1 saturated heterocycles. The number of hydrogen-bond donors (Lipinski definition) is 1. The van der Waals surface area contributed by atoms with Crippen molar-refractivity contribution in [3.8, 4) is 5.75 Å². The molecule has 0 bridgehead atoms. The minimum Gasteiger partial charge on any atom is -0.491 e. The highest BCUT2D eigenvalue weighted by Gasteiger charge is 2.31. The van der Waals surface area contributed by atoms with Gasteiger partial charge >= 0.3 is 0 Å². The van der Waals surface area contributed by atoms with Gasteiger partial charge in [-0.1, -0.05) is 18.6 Å². The summed E-state index contributed by atoms with van der Waals surface area (Å²) in [5.41, 5.74) is 0.847. The van der Waals surface area contributed by atoms with Gasteiger partial charge in [-0.05, 0) is 50.1 Å². The number of methoxy groups -OCH3 is 1. The zero-order valence-electron chi connectivity index (χ0n) is 17.3. The number of anilines is 1. The van der Waals surface area contributed by atoms with Crippen LogP contribution in [-0.2, 0) is 14.8 Å². The molecule has 0 saturated carbocycles. The van der Waals surface area contributed by atoms with Crippen LogP contribution < -0.4 is 10.1 Å². The van der Waals surface area contributed by atoms with Gasteiger partial charge in [0.05, 0.1) is 11.5 Å². The molecule has 1 heterocycles. The standard InChI is InChI=1S/C22H28N2O5S/c1-17-7-3-4-12-24(17)30(26,27)21-11-5-8-18(15-21)22(25)23-19-9-6-10-20(16-19)29-14-13-28-2/h5-6,8-11,15-17H,3-4,7,12-14H2,1-2H3,(H,23,25). The molecule has 0 spiro atoms. The lowest BCUT2D eigenvalue weighted by Gasteiger charge is -2.32. The third kappa shape index (κ3) is 5.38. The average Bonchev–Trinajstić information content (AvgIpc) is 2.74. The third-order valence-electron chi connectivity index (χ3n) is 5.09. The molecule has 7 nitrogen and oxygen atoms in total. The Bertz CT molecular complexity index is 977. The van der Waals surface area contributed by atoms with E-state index in [0.717, 1.165) is 19.3 Å². The summed E-state index contributed by atoms with van der Waals surface area (Å²) >= 11 is 0. The Morgan fingerprint density at radius 1 is 1.13 bits per heavy atom. The van der Waals surface area contributed by atoms with Crippen molar-refractivity contribution < 1.29 is 22.7 Å². The van der Waals surface area contributed by atoms with E-state index in [1.54, 1.807) is 43.5 Å². The largest absolute Gasteiger partial charge is 0.491 e. The molecule has 1 atom stereocenters. The second-order valence-corrected chi connectivity index (χ2v) is 9.20. The van der Waals surface area contributed by atoms with Crippen LogP contribution >= 0.6 is 0 Å². The Labute approximate surface area is 178 Å². The number of sulfonamides is 1. The second-order valence-electron chi connectivity index (χ2n) is 7.31. The van der Waals surface area contributed by atoms with E-state index in [2.05, 4.69) is 5.32 Å². The van der Waals surface area contributed by atoms with Crippen LogP contribution in [0.25, 0.3) is 0 Å². The Balaban J connectivity index is 1.74. The van der Waals surface area contributed by atoms with Crippen molar-refractivity contribution in [3.63, 3.8) is 0 Å². The van der Waals surface area contributed by atoms with Crippen molar-refractivity contribution in [1.82, 2.24) is 4.31 Å². The summed E-state index contributed by atoms with van der Waals surface area (Å²) in [7, 11) is -2.04. The number of amides is 1. The quantitative estimate of drug-likeness (QED) is 0.645. The maximum Gasteiger partial charge on any atom is 0.255 e. The van der Waals surface area contributed by atoms with Gasteiger partial charge in [0, 0.05) is 37.0 Å². The number of hydrogen-bond acceptors (Lipinski definition) is 5. The Hall–Kier alpha value is -2.42. The number of rotatable bonds is 8. The molecule has 1 aliphatic heterocycles. The summed E-state index contributed by atoms with van der Waals surface area (Å²) in [6.07, 6.45) is 2.73. The van der Waals surface area contributed by atoms with Crippen LogP contribution in [0.15, 0.2) is 53.4 Å². The minimum atomic E-state index is -3.64. The van der Waals surface area contributed by atoms with E-state index in [1.807, 2.05) is 6.92 Å². The van der Waals surface area contributed by atoms with E-state index in [1.165, 1.54) is 16.4 Å². The van der Waals surface area contributed by atoms with Gasteiger partial charge in [-0.2, -0.15) is 4.31 Å². The Morgan fingerprint density at radius 3 is 2.70 bits per heavy atom. The first-order valence-electron chi connectivity index (χ1n) is 10.1. The summed E-state index contributed by atoms with van der Waals surface area (Å²) < 4.78 is 38.2. The lowest BCUT2D eigenvalue weighted by atomic mass is 10.1.